The van der Waals surface area contributed by atoms with Crippen molar-refractivity contribution in [3.63, 3.8) is 0 Å². The lowest BCUT2D eigenvalue weighted by Crippen LogP contribution is -2.45. The third-order valence-corrected chi connectivity index (χ3v) is 5.02. The van der Waals surface area contributed by atoms with E-state index < -0.39 is 5.82 Å². The summed E-state index contributed by atoms with van der Waals surface area (Å²) in [5.41, 5.74) is 5.45. The topological polar surface area (TPSA) is 81.9 Å². The third-order valence-electron chi connectivity index (χ3n) is 5.02. The molecule has 2 aliphatic rings. The van der Waals surface area contributed by atoms with Crippen molar-refractivity contribution in [3.8, 4) is 5.75 Å². The fourth-order valence-electron chi connectivity index (χ4n) is 3.65. The molecule has 1 aromatic carbocycles. The first-order valence-electron chi connectivity index (χ1n) is 8.61. The van der Waals surface area contributed by atoms with Gasteiger partial charge in [-0.25, -0.2) is 4.39 Å². The molecule has 0 radical (unpaired) electrons. The first-order chi connectivity index (χ1) is 12.0. The molecular weight excluding hydrogens is 327 g/mol. The quantitative estimate of drug-likeness (QED) is 0.869. The lowest BCUT2D eigenvalue weighted by Gasteiger charge is -2.35. The van der Waals surface area contributed by atoms with Gasteiger partial charge in [-0.05, 0) is 37.3 Å². The van der Waals surface area contributed by atoms with Crippen LogP contribution < -0.4 is 10.5 Å². The number of nitrogens with zero attached hydrogens (tertiary/aromatic N) is 1. The van der Waals surface area contributed by atoms with Crippen LogP contribution in [0, 0.1) is 17.7 Å². The van der Waals surface area contributed by atoms with Crippen LogP contribution >= 0.6 is 0 Å². The number of amides is 2. The molecule has 2 N–H and O–H groups in total. The van der Waals surface area contributed by atoms with Crippen molar-refractivity contribution in [2.45, 2.75) is 25.4 Å². The molecule has 2 atom stereocenters. The number of rotatable bonds is 5. The number of likely N-dealkylation sites (tertiary alicyclic amines) is 1. The standard InChI is InChI=1S/C18H23FN2O4/c19-13-2-1-3-14(10-13)25-11-16(22)21-7-4-12(5-8-21)17-15(18(20)23)6-9-24-17/h1-3,10,12,15,17H,4-9,11H2,(H2,20,23)/t15-,17+/m0/s1. The molecule has 0 unspecified atom stereocenters. The van der Waals surface area contributed by atoms with E-state index in [2.05, 4.69) is 0 Å². The molecule has 2 saturated heterocycles. The van der Waals surface area contributed by atoms with E-state index >= 15 is 0 Å². The lowest BCUT2D eigenvalue weighted by molar-refractivity contribution is -0.136. The molecule has 0 bridgehead atoms. The Morgan fingerprint density at radius 1 is 1.28 bits per heavy atom. The summed E-state index contributed by atoms with van der Waals surface area (Å²) in [6, 6.07) is 5.73. The number of hydrogen-bond acceptors (Lipinski definition) is 4. The van der Waals surface area contributed by atoms with Gasteiger partial charge in [0.2, 0.25) is 5.91 Å². The normalized spacial score (nSPS) is 24.3. The van der Waals surface area contributed by atoms with Crippen LogP contribution in [0.25, 0.3) is 0 Å². The predicted octanol–water partition coefficient (Wildman–Crippen LogP) is 1.33. The summed E-state index contributed by atoms with van der Waals surface area (Å²) in [5.74, 6) is -0.457. The summed E-state index contributed by atoms with van der Waals surface area (Å²) in [6.07, 6.45) is 2.11. The summed E-state index contributed by atoms with van der Waals surface area (Å²) in [6.45, 7) is 1.65. The van der Waals surface area contributed by atoms with Gasteiger partial charge < -0.3 is 20.1 Å². The van der Waals surface area contributed by atoms with E-state index in [1.54, 1.807) is 11.0 Å². The first kappa shape index (κ1) is 17.7. The van der Waals surface area contributed by atoms with E-state index in [1.165, 1.54) is 18.2 Å². The summed E-state index contributed by atoms with van der Waals surface area (Å²) >= 11 is 0. The minimum atomic E-state index is -0.397. The van der Waals surface area contributed by atoms with Gasteiger partial charge in [-0.15, -0.1) is 0 Å². The van der Waals surface area contributed by atoms with Crippen LogP contribution in [0.4, 0.5) is 4.39 Å². The number of piperidine rings is 1. The Balaban J connectivity index is 1.47. The fourth-order valence-corrected chi connectivity index (χ4v) is 3.65. The molecule has 0 spiro atoms. The van der Waals surface area contributed by atoms with E-state index in [-0.39, 0.29) is 36.4 Å². The van der Waals surface area contributed by atoms with Crippen LogP contribution in [0.2, 0.25) is 0 Å². The summed E-state index contributed by atoms with van der Waals surface area (Å²) in [4.78, 5) is 25.5. The zero-order chi connectivity index (χ0) is 17.8. The van der Waals surface area contributed by atoms with Gasteiger partial charge in [0.15, 0.2) is 6.61 Å². The molecule has 0 aromatic heterocycles. The van der Waals surface area contributed by atoms with Crippen molar-refractivity contribution in [1.29, 1.82) is 0 Å². The number of carbonyl (C=O) groups excluding carboxylic acids is 2. The maximum atomic E-state index is 13.1. The first-order valence-corrected chi connectivity index (χ1v) is 8.61. The highest BCUT2D eigenvalue weighted by Crippen LogP contribution is 2.33. The Morgan fingerprint density at radius 2 is 2.04 bits per heavy atom. The lowest BCUT2D eigenvalue weighted by atomic mass is 9.84. The van der Waals surface area contributed by atoms with Crippen LogP contribution in [0.5, 0.6) is 5.75 Å². The Bertz CT molecular complexity index is 631. The number of benzene rings is 1. The molecule has 2 amide bonds. The molecule has 2 heterocycles. The third kappa shape index (κ3) is 4.28. The Hall–Kier alpha value is -2.15. The van der Waals surface area contributed by atoms with Gasteiger partial charge in [0.1, 0.15) is 11.6 Å². The number of primary amides is 1. The average Bonchev–Trinajstić information content (AvgIpc) is 3.10. The van der Waals surface area contributed by atoms with Crippen LogP contribution in [-0.2, 0) is 14.3 Å². The summed E-state index contributed by atoms with van der Waals surface area (Å²) in [7, 11) is 0. The zero-order valence-corrected chi connectivity index (χ0v) is 14.0. The maximum Gasteiger partial charge on any atom is 0.260 e. The van der Waals surface area contributed by atoms with Crippen molar-refractivity contribution < 1.29 is 23.5 Å². The second-order valence-corrected chi connectivity index (χ2v) is 6.60. The molecule has 2 aliphatic heterocycles. The molecule has 0 aliphatic carbocycles. The highest BCUT2D eigenvalue weighted by atomic mass is 19.1. The largest absolute Gasteiger partial charge is 0.484 e. The zero-order valence-electron chi connectivity index (χ0n) is 14.0. The van der Waals surface area contributed by atoms with Crippen LogP contribution in [0.1, 0.15) is 19.3 Å². The van der Waals surface area contributed by atoms with Crippen LogP contribution in [-0.4, -0.2) is 49.1 Å². The monoisotopic (exact) mass is 350 g/mol. The molecule has 136 valence electrons. The summed E-state index contributed by atoms with van der Waals surface area (Å²) in [5, 5.41) is 0. The van der Waals surface area contributed by atoms with Gasteiger partial charge in [-0.2, -0.15) is 0 Å². The predicted molar refractivity (Wildman–Crippen MR) is 88.2 cm³/mol. The highest BCUT2D eigenvalue weighted by molar-refractivity contribution is 5.78. The van der Waals surface area contributed by atoms with E-state index in [0.29, 0.717) is 31.9 Å². The van der Waals surface area contributed by atoms with Crippen LogP contribution in [0.15, 0.2) is 24.3 Å². The van der Waals surface area contributed by atoms with Crippen molar-refractivity contribution in [2.24, 2.45) is 17.6 Å². The minimum absolute atomic E-state index is 0.113. The van der Waals surface area contributed by atoms with E-state index in [4.69, 9.17) is 15.2 Å². The average molecular weight is 350 g/mol. The molecule has 6 nitrogen and oxygen atoms in total. The molecule has 25 heavy (non-hydrogen) atoms. The summed E-state index contributed by atoms with van der Waals surface area (Å²) < 4.78 is 24.2. The van der Waals surface area contributed by atoms with Gasteiger partial charge in [-0.1, -0.05) is 6.07 Å². The van der Waals surface area contributed by atoms with E-state index in [1.807, 2.05) is 0 Å². The van der Waals surface area contributed by atoms with Gasteiger partial charge in [0.25, 0.3) is 5.91 Å². The number of nitrogens with two attached hydrogens (primary N) is 1. The van der Waals surface area contributed by atoms with E-state index in [9.17, 15) is 14.0 Å². The van der Waals surface area contributed by atoms with E-state index in [0.717, 1.165) is 12.8 Å². The maximum absolute atomic E-state index is 13.1. The smallest absolute Gasteiger partial charge is 0.260 e. The molecule has 2 fully saturated rings. The SMILES string of the molecule is NC(=O)[C@H]1CCO[C@@H]1C1CCN(C(=O)COc2cccc(F)c2)CC1. The molecule has 0 saturated carbocycles. The van der Waals surface area contributed by atoms with Crippen molar-refractivity contribution in [1.82, 2.24) is 4.90 Å². The Kier molecular flexibility index (Phi) is 5.53. The van der Waals surface area contributed by atoms with Gasteiger partial charge in [0, 0.05) is 25.8 Å². The van der Waals surface area contributed by atoms with Crippen molar-refractivity contribution >= 4 is 11.8 Å². The highest BCUT2D eigenvalue weighted by Gasteiger charge is 2.39. The Labute approximate surface area is 146 Å². The van der Waals surface area contributed by atoms with Crippen LogP contribution in [0.3, 0.4) is 0 Å². The minimum Gasteiger partial charge on any atom is -0.484 e. The molecular formula is C18H23FN2O4. The number of hydrogen-bond donors (Lipinski definition) is 1. The second-order valence-electron chi connectivity index (χ2n) is 6.60. The number of carbonyl (C=O) groups is 2. The van der Waals surface area contributed by atoms with Crippen molar-refractivity contribution in [3.05, 3.63) is 30.1 Å². The van der Waals surface area contributed by atoms with Gasteiger partial charge in [0.05, 0.1) is 12.0 Å². The molecule has 7 heteroatoms. The van der Waals surface area contributed by atoms with Gasteiger partial charge in [-0.3, -0.25) is 9.59 Å². The fraction of sp³-hybridized carbons (Fsp3) is 0.556. The number of ether oxygens (including phenoxy) is 2. The molecule has 3 rings (SSSR count). The Morgan fingerprint density at radius 3 is 2.72 bits per heavy atom. The van der Waals surface area contributed by atoms with Crippen molar-refractivity contribution in [2.75, 3.05) is 26.3 Å². The molecule has 1 aromatic rings. The number of halogens is 1. The second kappa shape index (κ2) is 7.82. The van der Waals surface area contributed by atoms with Gasteiger partial charge >= 0.3 is 0 Å².